The van der Waals surface area contributed by atoms with E-state index in [9.17, 15) is 4.39 Å². The van der Waals surface area contributed by atoms with Crippen LogP contribution in [0.1, 0.15) is 13.3 Å². The number of methoxy groups -OCH3 is 1. The lowest BCUT2D eigenvalue weighted by molar-refractivity contribution is 0.215. The Kier molecular flexibility index (Phi) is 6.46. The minimum absolute atomic E-state index is 0.551. The van der Waals surface area contributed by atoms with Crippen molar-refractivity contribution in [2.75, 3.05) is 33.9 Å². The highest BCUT2D eigenvalue weighted by atomic mass is 19.1. The second kappa shape index (κ2) is 6.55. The Morgan fingerprint density at radius 3 is 2.27 bits per heavy atom. The Morgan fingerprint density at radius 1 is 1.64 bits per heavy atom. The lowest BCUT2D eigenvalue weighted by Crippen LogP contribution is -2.13. The van der Waals surface area contributed by atoms with Gasteiger partial charge in [0.25, 0.3) is 0 Å². The molecule has 0 aromatic heterocycles. The molecule has 1 fully saturated rings. The molecule has 11 heavy (non-hydrogen) atoms. The first-order valence-electron chi connectivity index (χ1n) is 4.02. The summed E-state index contributed by atoms with van der Waals surface area (Å²) >= 11 is 0. The summed E-state index contributed by atoms with van der Waals surface area (Å²) in [7, 11) is 3.62. The monoisotopic (exact) mass is 163 g/mol. The molecule has 2 nitrogen and oxygen atoms in total. The zero-order chi connectivity index (χ0) is 8.69. The predicted octanol–water partition coefficient (Wildman–Crippen LogP) is 1.31. The van der Waals surface area contributed by atoms with E-state index in [0.717, 1.165) is 19.6 Å². The van der Waals surface area contributed by atoms with Crippen LogP contribution >= 0.6 is 0 Å². The number of hydrogen-bond donors (Lipinski definition) is 0. The van der Waals surface area contributed by atoms with Crippen molar-refractivity contribution in [3.8, 4) is 0 Å². The molecule has 1 rings (SSSR count). The zero-order valence-corrected chi connectivity index (χ0v) is 7.64. The molecule has 0 N–H and O–H groups in total. The highest BCUT2D eigenvalue weighted by molar-refractivity contribution is 4.70. The molecule has 0 aromatic carbocycles. The van der Waals surface area contributed by atoms with E-state index in [-0.39, 0.29) is 0 Å². The maximum absolute atomic E-state index is 12.1. The van der Waals surface area contributed by atoms with Crippen LogP contribution in [0.4, 0.5) is 4.39 Å². The number of rotatable bonds is 1. The summed E-state index contributed by atoms with van der Waals surface area (Å²) in [5.74, 6) is 0. The van der Waals surface area contributed by atoms with E-state index in [1.807, 2.05) is 18.9 Å². The van der Waals surface area contributed by atoms with Gasteiger partial charge in [-0.3, -0.25) is 0 Å². The van der Waals surface area contributed by atoms with Gasteiger partial charge in [-0.1, -0.05) is 0 Å². The SMILES string of the molecule is CCOC.CN1CC[C@H](F)C1. The largest absolute Gasteiger partial charge is 0.385 e. The molecular formula is C8H18FNO. The number of hydrogen-bond acceptors (Lipinski definition) is 2. The van der Waals surface area contributed by atoms with Crippen LogP contribution in [0.5, 0.6) is 0 Å². The van der Waals surface area contributed by atoms with E-state index < -0.39 is 6.17 Å². The van der Waals surface area contributed by atoms with Crippen LogP contribution in [0.3, 0.4) is 0 Å². The summed E-state index contributed by atoms with van der Waals surface area (Å²) in [6.45, 7) is 4.35. The topological polar surface area (TPSA) is 12.5 Å². The Hall–Kier alpha value is -0.150. The standard InChI is InChI=1S/C5H10FN.C3H8O/c1-7-3-2-5(6)4-7;1-3-4-2/h5H,2-4H2,1H3;3H2,1-2H3/t5-;/m0./s1. The lowest BCUT2D eigenvalue weighted by Gasteiger charge is -2.01. The van der Waals surface area contributed by atoms with Crippen LogP contribution < -0.4 is 0 Å². The molecule has 0 amide bonds. The summed E-state index contributed by atoms with van der Waals surface area (Å²) in [6.07, 6.45) is 0.182. The van der Waals surface area contributed by atoms with Crippen molar-refractivity contribution < 1.29 is 9.13 Å². The van der Waals surface area contributed by atoms with E-state index >= 15 is 0 Å². The number of alkyl halides is 1. The second-order valence-corrected chi connectivity index (χ2v) is 2.73. The number of ether oxygens (including phenoxy) is 1. The fourth-order valence-corrected chi connectivity index (χ4v) is 0.881. The Morgan fingerprint density at radius 2 is 2.18 bits per heavy atom. The molecule has 0 unspecified atom stereocenters. The van der Waals surface area contributed by atoms with Gasteiger partial charge in [0.05, 0.1) is 0 Å². The van der Waals surface area contributed by atoms with Crippen molar-refractivity contribution in [3.63, 3.8) is 0 Å². The van der Waals surface area contributed by atoms with E-state index in [2.05, 4.69) is 4.74 Å². The minimum atomic E-state index is -0.551. The summed E-state index contributed by atoms with van der Waals surface area (Å²) in [5, 5.41) is 0. The van der Waals surface area contributed by atoms with E-state index in [1.165, 1.54) is 0 Å². The Balaban J connectivity index is 0.000000218. The Bertz CT molecular complexity index is 80.2. The molecule has 3 heteroatoms. The van der Waals surface area contributed by atoms with Crippen molar-refractivity contribution in [1.29, 1.82) is 0 Å². The van der Waals surface area contributed by atoms with Crippen LogP contribution in [0.25, 0.3) is 0 Å². The van der Waals surface area contributed by atoms with Crippen molar-refractivity contribution in [1.82, 2.24) is 4.90 Å². The molecule has 68 valence electrons. The fraction of sp³-hybridized carbons (Fsp3) is 1.00. The van der Waals surface area contributed by atoms with E-state index in [0.29, 0.717) is 6.54 Å². The molecule has 1 saturated heterocycles. The van der Waals surface area contributed by atoms with Crippen molar-refractivity contribution in [2.24, 2.45) is 0 Å². The van der Waals surface area contributed by atoms with Gasteiger partial charge in [0.1, 0.15) is 6.17 Å². The number of halogens is 1. The maximum atomic E-state index is 12.1. The number of nitrogens with zero attached hydrogens (tertiary/aromatic N) is 1. The molecular weight excluding hydrogens is 145 g/mol. The first-order chi connectivity index (χ1) is 5.20. The van der Waals surface area contributed by atoms with Gasteiger partial charge in [-0.15, -0.1) is 0 Å². The molecule has 1 heterocycles. The van der Waals surface area contributed by atoms with Crippen molar-refractivity contribution >= 4 is 0 Å². The molecule has 0 aliphatic carbocycles. The Labute approximate surface area is 68.3 Å². The summed E-state index contributed by atoms with van der Waals surface area (Å²) in [6, 6.07) is 0. The van der Waals surface area contributed by atoms with Gasteiger partial charge in [0.2, 0.25) is 0 Å². The summed E-state index contributed by atoms with van der Waals surface area (Å²) < 4.78 is 16.7. The quantitative estimate of drug-likeness (QED) is 0.578. The lowest BCUT2D eigenvalue weighted by atomic mass is 10.4. The second-order valence-electron chi connectivity index (χ2n) is 2.73. The third-order valence-electron chi connectivity index (χ3n) is 1.62. The highest BCUT2D eigenvalue weighted by Crippen LogP contribution is 2.08. The van der Waals surface area contributed by atoms with Gasteiger partial charge < -0.3 is 9.64 Å². The highest BCUT2D eigenvalue weighted by Gasteiger charge is 2.17. The normalized spacial score (nSPS) is 24.5. The first-order valence-corrected chi connectivity index (χ1v) is 4.02. The van der Waals surface area contributed by atoms with Gasteiger partial charge >= 0.3 is 0 Å². The zero-order valence-electron chi connectivity index (χ0n) is 7.64. The van der Waals surface area contributed by atoms with Gasteiger partial charge in [0, 0.05) is 26.8 Å². The van der Waals surface area contributed by atoms with Crippen molar-refractivity contribution in [3.05, 3.63) is 0 Å². The van der Waals surface area contributed by atoms with Gasteiger partial charge in [-0.05, 0) is 20.4 Å². The van der Waals surface area contributed by atoms with E-state index in [1.54, 1.807) is 7.11 Å². The smallest absolute Gasteiger partial charge is 0.114 e. The first kappa shape index (κ1) is 10.8. The van der Waals surface area contributed by atoms with Crippen LogP contribution in [-0.4, -0.2) is 44.9 Å². The van der Waals surface area contributed by atoms with Gasteiger partial charge in [0.15, 0.2) is 0 Å². The van der Waals surface area contributed by atoms with Crippen LogP contribution in [0.15, 0.2) is 0 Å². The third-order valence-corrected chi connectivity index (χ3v) is 1.62. The van der Waals surface area contributed by atoms with Crippen LogP contribution in [0.2, 0.25) is 0 Å². The molecule has 0 spiro atoms. The molecule has 1 aliphatic rings. The molecule has 1 aliphatic heterocycles. The summed E-state index contributed by atoms with van der Waals surface area (Å²) in [5.41, 5.74) is 0. The molecule has 0 radical (unpaired) electrons. The fourth-order valence-electron chi connectivity index (χ4n) is 0.881. The number of likely N-dealkylation sites (tertiary alicyclic amines) is 1. The third kappa shape index (κ3) is 6.26. The average molecular weight is 163 g/mol. The molecule has 1 atom stereocenters. The maximum Gasteiger partial charge on any atom is 0.114 e. The predicted molar refractivity (Wildman–Crippen MR) is 44.6 cm³/mol. The van der Waals surface area contributed by atoms with Gasteiger partial charge in [-0.2, -0.15) is 0 Å². The minimum Gasteiger partial charge on any atom is -0.385 e. The van der Waals surface area contributed by atoms with E-state index in [4.69, 9.17) is 0 Å². The van der Waals surface area contributed by atoms with Crippen LogP contribution in [0, 0.1) is 0 Å². The van der Waals surface area contributed by atoms with Crippen LogP contribution in [-0.2, 0) is 4.74 Å². The molecule has 0 aromatic rings. The molecule has 0 saturated carbocycles. The van der Waals surface area contributed by atoms with Crippen molar-refractivity contribution in [2.45, 2.75) is 19.5 Å². The molecule has 0 bridgehead atoms. The summed E-state index contributed by atoms with van der Waals surface area (Å²) in [4.78, 5) is 2.00. The average Bonchev–Trinajstić information content (AvgIpc) is 2.35. The van der Waals surface area contributed by atoms with Gasteiger partial charge in [-0.25, -0.2) is 4.39 Å².